The standard InChI is InChI=1S/C2H5N3.C2H4N2O.C2H5N2.2C2H5NO.C2H3N.CH5N.CH3N.CH4O.8CH4.Y/c1-5-2(3)4;1-4-2(3)5;3*1-2(3)4;1-3-2;3*1-2;;;;;;;;;/h1H2,(H3,3,4);1H2,(H2,3,5);3H,1,4H2;2*1H3,(H2,3,4);1H3;2H2,1H3;2H,1H2;2H,1H3;8*1H4;/q;;-1;;;;;;;;;;;;;;;. The molecule has 0 fully saturated rings. The summed E-state index contributed by atoms with van der Waals surface area (Å²) in [6.07, 6.45) is 0. The van der Waals surface area contributed by atoms with Gasteiger partial charge in [0.1, 0.15) is 0 Å². The van der Waals surface area contributed by atoms with Crippen LogP contribution in [0.15, 0.2) is 22.4 Å². The van der Waals surface area contributed by atoms with Crippen LogP contribution < -0.4 is 34.4 Å². The van der Waals surface area contributed by atoms with Crippen LogP contribution in [-0.4, -0.2) is 70.3 Å². The normalized spacial score (nSPS) is 4.05. The SMILES string of the molecule is C.C.C.C.C.C.C.C.C=C([NH-])N.C=N.C=NC(=N)N.C=NC(N)=O.CC(N)=O.CC(N)=O.CN.CO.[C-]#[N+]C.[Y]. The molecule has 0 aliphatic heterocycles. The number of hydrogen-bond acceptors (Lipinski definition) is 8. The number of nitrogens with two attached hydrogens (primary N) is 6. The second-order valence-corrected chi connectivity index (χ2v) is 3.01. The summed E-state index contributed by atoms with van der Waals surface area (Å²) in [4.78, 5) is 36.3. The second kappa shape index (κ2) is 198. The molecular weight excluding hydrogens is 597 g/mol. The Morgan fingerprint density at radius 2 is 0.825 bits per heavy atom. The number of carbonyl (C=O) groups is 3. The third kappa shape index (κ3) is 71500. The van der Waals surface area contributed by atoms with Crippen LogP contribution in [0.2, 0.25) is 0 Å². The quantitative estimate of drug-likeness (QED) is 0.104. The number of hydrogen-bond donors (Lipinski definition) is 9. The Morgan fingerprint density at radius 3 is 0.825 bits per heavy atom. The molecule has 17 heteroatoms. The molecule has 0 aromatic heterocycles. The molecule has 16 N–H and O–H groups in total. The summed E-state index contributed by atoms with van der Waals surface area (Å²) in [6, 6.07) is -0.731. The molecule has 0 aromatic rings. The number of rotatable bonds is 0. The van der Waals surface area contributed by atoms with E-state index in [-0.39, 0.29) is 116 Å². The van der Waals surface area contributed by atoms with Gasteiger partial charge in [0.15, 0.2) is 0 Å². The summed E-state index contributed by atoms with van der Waals surface area (Å²) in [5.74, 6) is -0.981. The molecule has 4 amide bonds. The first-order chi connectivity index (χ1) is 14.2. The maximum absolute atomic E-state index is 9.36. The fourth-order valence-electron chi connectivity index (χ4n) is 0. The van der Waals surface area contributed by atoms with Crippen LogP contribution in [0.25, 0.3) is 10.6 Å². The van der Waals surface area contributed by atoms with Gasteiger partial charge in [0, 0.05) is 53.7 Å². The Labute approximate surface area is 274 Å². The van der Waals surface area contributed by atoms with Crippen LogP contribution in [0.1, 0.15) is 73.3 Å². The minimum Gasteiger partial charge on any atom is -0.495 e. The number of guanidine groups is 1. The molecule has 0 saturated heterocycles. The van der Waals surface area contributed by atoms with Gasteiger partial charge in [-0.2, -0.15) is 0 Å². The van der Waals surface area contributed by atoms with Gasteiger partial charge in [-0.15, -0.1) is 6.58 Å². The first-order valence-corrected chi connectivity index (χ1v) is 7.04. The van der Waals surface area contributed by atoms with E-state index in [0.717, 1.165) is 7.11 Å². The predicted molar refractivity (Wildman–Crippen MR) is 182 cm³/mol. The van der Waals surface area contributed by atoms with Crippen LogP contribution in [-0.2, 0) is 42.3 Å². The maximum Gasteiger partial charge on any atom is 0.337 e. The van der Waals surface area contributed by atoms with E-state index in [2.05, 4.69) is 76.0 Å². The zero-order valence-corrected chi connectivity index (χ0v) is 22.2. The first-order valence-electron chi connectivity index (χ1n) is 7.04. The number of nitrogens with zero attached hydrogens (tertiary/aromatic N) is 3. The predicted octanol–water partition coefficient (Wildman–Crippen LogP) is 3.87. The van der Waals surface area contributed by atoms with Crippen molar-refractivity contribution >= 4 is 44.0 Å². The summed E-state index contributed by atoms with van der Waals surface area (Å²) in [5.41, 5.74) is 33.3. The summed E-state index contributed by atoms with van der Waals surface area (Å²) in [7, 11) is 3.92. The van der Waals surface area contributed by atoms with Gasteiger partial charge < -0.3 is 55.5 Å². The van der Waals surface area contributed by atoms with Gasteiger partial charge in [0.25, 0.3) is 0 Å². The maximum atomic E-state index is 9.36. The summed E-state index contributed by atoms with van der Waals surface area (Å²) in [6.45, 7) is 19.7. The molecule has 0 spiro atoms. The van der Waals surface area contributed by atoms with Crippen molar-refractivity contribution in [2.24, 2.45) is 44.4 Å². The van der Waals surface area contributed by atoms with Crippen molar-refractivity contribution in [1.29, 1.82) is 10.8 Å². The summed E-state index contributed by atoms with van der Waals surface area (Å²) < 4.78 is 0. The zero-order chi connectivity index (χ0) is 28.0. The zero-order valence-electron chi connectivity index (χ0n) is 19.4. The number of carbonyl (C=O) groups excluding carboxylic acids is 3. The van der Waals surface area contributed by atoms with E-state index in [1.807, 2.05) is 0 Å². The van der Waals surface area contributed by atoms with Gasteiger partial charge in [-0.3, -0.25) is 15.0 Å². The second-order valence-electron chi connectivity index (χ2n) is 3.01. The molecule has 40 heavy (non-hydrogen) atoms. The van der Waals surface area contributed by atoms with Crippen molar-refractivity contribution in [3.05, 3.63) is 29.6 Å². The van der Waals surface area contributed by atoms with Crippen molar-refractivity contribution in [2.45, 2.75) is 73.3 Å². The van der Waals surface area contributed by atoms with E-state index in [1.165, 1.54) is 27.9 Å². The summed E-state index contributed by atoms with van der Waals surface area (Å²) in [5, 5.41) is 18.8. The third-order valence-corrected chi connectivity index (χ3v) is 0.326. The van der Waals surface area contributed by atoms with E-state index >= 15 is 0 Å². The van der Waals surface area contributed by atoms with Gasteiger partial charge in [-0.25, -0.2) is 21.4 Å². The number of nitrogens with one attached hydrogen (secondary N) is 3. The average molecular weight is 669 g/mol. The van der Waals surface area contributed by atoms with Crippen molar-refractivity contribution in [1.82, 2.24) is 0 Å². The fourth-order valence-corrected chi connectivity index (χ4v) is 0. The molecule has 0 aromatic carbocycles. The number of aliphatic imine (C=N–C) groups is 2. The minimum atomic E-state index is -0.731. The molecule has 0 saturated carbocycles. The average Bonchev–Trinajstić information content (AvgIpc) is 2.66. The van der Waals surface area contributed by atoms with Crippen LogP contribution in [0, 0.1) is 17.4 Å². The number of aliphatic hydroxyl groups is 1. The van der Waals surface area contributed by atoms with Gasteiger partial charge in [-0.1, -0.05) is 65.2 Å². The Bertz CT molecular complexity index is 432. The van der Waals surface area contributed by atoms with E-state index in [9.17, 15) is 14.4 Å². The number of aliphatic hydroxyl groups excluding tert-OH is 1. The minimum absolute atomic E-state index is 0. The third-order valence-electron chi connectivity index (χ3n) is 0.326. The molecule has 16 nitrogen and oxygen atoms in total. The molecule has 251 valence electrons. The molecule has 0 rings (SSSR count). The van der Waals surface area contributed by atoms with Crippen molar-refractivity contribution in [3.63, 3.8) is 0 Å². The number of urea groups is 1. The topological polar surface area (TPSA) is 328 Å². The largest absolute Gasteiger partial charge is 0.495 e. The van der Waals surface area contributed by atoms with Crippen LogP contribution in [0.4, 0.5) is 4.79 Å². The molecule has 1 radical (unpaired) electrons. The number of primary amides is 3. The summed E-state index contributed by atoms with van der Waals surface area (Å²) >= 11 is 0. The Morgan fingerprint density at radius 1 is 0.775 bits per heavy atom. The Balaban J connectivity index is -0.00000000841. The van der Waals surface area contributed by atoms with E-state index in [4.69, 9.17) is 28.2 Å². The smallest absolute Gasteiger partial charge is 0.337 e. The Kier molecular flexibility index (Phi) is 663. The molecule has 0 aliphatic carbocycles. The number of amides is 4. The monoisotopic (exact) mass is 668 g/mol. The molecule has 0 bridgehead atoms. The van der Waals surface area contributed by atoms with E-state index < -0.39 is 6.03 Å². The molecule has 0 heterocycles. The fraction of sp³-hybridized carbons (Fsp3) is 0.565. The van der Waals surface area contributed by atoms with Gasteiger partial charge >= 0.3 is 6.03 Å². The van der Waals surface area contributed by atoms with Crippen molar-refractivity contribution in [3.8, 4) is 0 Å². The van der Waals surface area contributed by atoms with Crippen LogP contribution >= 0.6 is 0 Å². The van der Waals surface area contributed by atoms with Gasteiger partial charge in [0.05, 0.1) is 0 Å². The van der Waals surface area contributed by atoms with Crippen LogP contribution in [0.5, 0.6) is 0 Å². The van der Waals surface area contributed by atoms with Crippen LogP contribution in [0.3, 0.4) is 0 Å². The molecular formula is C23H71N12O4Y-. The van der Waals surface area contributed by atoms with E-state index in [0.29, 0.717) is 0 Å². The van der Waals surface area contributed by atoms with Crippen molar-refractivity contribution in [2.75, 3.05) is 21.2 Å². The van der Waals surface area contributed by atoms with Gasteiger partial charge in [-0.05, 0) is 27.2 Å². The van der Waals surface area contributed by atoms with Crippen molar-refractivity contribution < 1.29 is 52.2 Å². The Hall–Kier alpha value is -3.26. The molecule has 0 atom stereocenters. The first kappa shape index (κ1) is 134. The van der Waals surface area contributed by atoms with Gasteiger partial charge in [0.2, 0.25) is 24.8 Å². The molecule has 0 aliphatic rings. The molecule has 0 unspecified atom stereocenters. The van der Waals surface area contributed by atoms with E-state index in [1.54, 1.807) is 0 Å².